The van der Waals surface area contributed by atoms with Crippen LogP contribution in [0, 0.1) is 0 Å². The molecule has 4 nitrogen and oxygen atoms in total. The van der Waals surface area contributed by atoms with E-state index < -0.39 is 47.7 Å². The maximum atomic E-state index is 12.6. The first kappa shape index (κ1) is 15.1. The van der Waals surface area contributed by atoms with Crippen molar-refractivity contribution in [3.63, 3.8) is 0 Å². The van der Waals surface area contributed by atoms with Crippen LogP contribution in [0.2, 0.25) is 0 Å². The lowest BCUT2D eigenvalue weighted by Gasteiger charge is -2.14. The monoisotopic (exact) mass is 285 g/mol. The Bertz CT molecular complexity index is 487. The minimum atomic E-state index is -4.94. The van der Waals surface area contributed by atoms with Crippen molar-refractivity contribution in [2.45, 2.75) is 19.0 Å². The standard InChI is InChI=1S/C10H8F5NO3/c1-19-7(18)3-5-4(10(13,14)15)2-6(17)8(16-5)9(11)12/h2,9,17H,3H2,1H3. The highest BCUT2D eigenvalue weighted by Gasteiger charge is 2.36. The number of halogens is 5. The van der Waals surface area contributed by atoms with Crippen LogP contribution in [0.5, 0.6) is 5.75 Å². The van der Waals surface area contributed by atoms with Crippen molar-refractivity contribution in [3.05, 3.63) is 23.0 Å². The third-order valence-electron chi connectivity index (χ3n) is 2.16. The molecule has 0 aliphatic heterocycles. The van der Waals surface area contributed by atoms with E-state index in [4.69, 9.17) is 5.11 Å². The molecule has 1 aromatic heterocycles. The maximum Gasteiger partial charge on any atom is 0.418 e. The summed E-state index contributed by atoms with van der Waals surface area (Å²) in [5.74, 6) is -2.35. The SMILES string of the molecule is COC(=O)Cc1nc(C(F)F)c(O)cc1C(F)(F)F. The molecular formula is C10H8F5NO3. The van der Waals surface area contributed by atoms with Crippen LogP contribution in [0.3, 0.4) is 0 Å². The highest BCUT2D eigenvalue weighted by Crippen LogP contribution is 2.36. The van der Waals surface area contributed by atoms with Gasteiger partial charge in [0.25, 0.3) is 6.43 Å². The van der Waals surface area contributed by atoms with Crippen molar-refractivity contribution in [1.29, 1.82) is 0 Å². The molecule has 0 fully saturated rings. The van der Waals surface area contributed by atoms with E-state index in [9.17, 15) is 26.7 Å². The summed E-state index contributed by atoms with van der Waals surface area (Å²) in [5, 5.41) is 9.08. The van der Waals surface area contributed by atoms with Gasteiger partial charge in [0.05, 0.1) is 24.8 Å². The average Bonchev–Trinajstić information content (AvgIpc) is 2.28. The fraction of sp³-hybridized carbons (Fsp3) is 0.400. The highest BCUT2D eigenvalue weighted by atomic mass is 19.4. The first-order chi connectivity index (χ1) is 8.66. The summed E-state index contributed by atoms with van der Waals surface area (Å²) < 4.78 is 66.9. The number of esters is 1. The van der Waals surface area contributed by atoms with Crippen LogP contribution in [-0.4, -0.2) is 23.2 Å². The van der Waals surface area contributed by atoms with Gasteiger partial charge in [-0.2, -0.15) is 13.2 Å². The summed E-state index contributed by atoms with van der Waals surface area (Å²) in [6.07, 6.45) is -9.13. The summed E-state index contributed by atoms with van der Waals surface area (Å²) >= 11 is 0. The van der Waals surface area contributed by atoms with E-state index in [0.717, 1.165) is 7.11 Å². The van der Waals surface area contributed by atoms with Crippen molar-refractivity contribution in [3.8, 4) is 5.75 Å². The van der Waals surface area contributed by atoms with Crippen LogP contribution >= 0.6 is 0 Å². The van der Waals surface area contributed by atoms with Gasteiger partial charge in [-0.05, 0) is 6.07 Å². The quantitative estimate of drug-likeness (QED) is 0.684. The summed E-state index contributed by atoms with van der Waals surface area (Å²) in [7, 11) is 0.935. The molecule has 1 aromatic rings. The van der Waals surface area contributed by atoms with E-state index in [1.54, 1.807) is 0 Å². The van der Waals surface area contributed by atoms with Crippen LogP contribution in [0.15, 0.2) is 6.07 Å². The number of hydrogen-bond acceptors (Lipinski definition) is 4. The molecule has 0 spiro atoms. The minimum absolute atomic E-state index is 0.118. The number of nitrogens with zero attached hydrogens (tertiary/aromatic N) is 1. The molecule has 0 bridgehead atoms. The molecule has 0 aliphatic carbocycles. The third-order valence-corrected chi connectivity index (χ3v) is 2.16. The Morgan fingerprint density at radius 1 is 1.47 bits per heavy atom. The average molecular weight is 285 g/mol. The van der Waals surface area contributed by atoms with E-state index in [2.05, 4.69) is 9.72 Å². The van der Waals surface area contributed by atoms with Gasteiger partial charge >= 0.3 is 12.1 Å². The number of aromatic nitrogens is 1. The Labute approximate surface area is 103 Å². The molecule has 0 saturated heterocycles. The smallest absolute Gasteiger partial charge is 0.418 e. The Balaban J connectivity index is 3.37. The molecule has 1 N–H and O–H groups in total. The first-order valence-electron chi connectivity index (χ1n) is 4.81. The molecule has 0 saturated carbocycles. The van der Waals surface area contributed by atoms with E-state index in [1.165, 1.54) is 0 Å². The summed E-state index contributed by atoms with van der Waals surface area (Å²) in [4.78, 5) is 14.0. The van der Waals surface area contributed by atoms with Crippen LogP contribution in [0.4, 0.5) is 22.0 Å². The van der Waals surface area contributed by atoms with Gasteiger partial charge in [0, 0.05) is 0 Å². The Kier molecular flexibility index (Phi) is 4.28. The molecule has 0 aromatic carbocycles. The number of hydrogen-bond donors (Lipinski definition) is 1. The largest absolute Gasteiger partial charge is 0.506 e. The zero-order valence-electron chi connectivity index (χ0n) is 9.46. The van der Waals surface area contributed by atoms with Gasteiger partial charge in [0.2, 0.25) is 0 Å². The zero-order chi connectivity index (χ0) is 14.8. The van der Waals surface area contributed by atoms with E-state index in [-0.39, 0.29) is 6.07 Å². The number of carbonyl (C=O) groups is 1. The predicted molar refractivity (Wildman–Crippen MR) is 51.6 cm³/mol. The van der Waals surface area contributed by atoms with Gasteiger partial charge in [-0.3, -0.25) is 4.79 Å². The Hall–Kier alpha value is -1.93. The molecule has 106 valence electrons. The summed E-state index contributed by atoms with van der Waals surface area (Å²) in [6, 6.07) is 0.118. The zero-order valence-corrected chi connectivity index (χ0v) is 9.46. The molecular weight excluding hydrogens is 277 g/mol. The Morgan fingerprint density at radius 2 is 2.05 bits per heavy atom. The van der Waals surface area contributed by atoms with Gasteiger partial charge in [0.1, 0.15) is 11.4 Å². The lowest BCUT2D eigenvalue weighted by atomic mass is 10.1. The normalized spacial score (nSPS) is 11.7. The van der Waals surface area contributed by atoms with Gasteiger partial charge < -0.3 is 9.84 Å². The number of aromatic hydroxyl groups is 1. The van der Waals surface area contributed by atoms with Crippen LogP contribution in [0.1, 0.15) is 23.4 Å². The van der Waals surface area contributed by atoms with E-state index in [0.29, 0.717) is 0 Å². The van der Waals surface area contributed by atoms with Crippen molar-refractivity contribution < 1.29 is 36.6 Å². The molecule has 0 aliphatic rings. The third kappa shape index (κ3) is 3.52. The first-order valence-corrected chi connectivity index (χ1v) is 4.81. The number of rotatable bonds is 3. The van der Waals surface area contributed by atoms with E-state index >= 15 is 0 Å². The molecule has 1 rings (SSSR count). The number of alkyl halides is 5. The lowest BCUT2D eigenvalue weighted by molar-refractivity contribution is -0.142. The van der Waals surface area contributed by atoms with Crippen LogP contribution in [0.25, 0.3) is 0 Å². The van der Waals surface area contributed by atoms with Gasteiger partial charge in [-0.25, -0.2) is 13.8 Å². The topological polar surface area (TPSA) is 59.4 Å². The van der Waals surface area contributed by atoms with Gasteiger partial charge in [-0.15, -0.1) is 0 Å². The number of ether oxygens (including phenoxy) is 1. The minimum Gasteiger partial charge on any atom is -0.506 e. The fourth-order valence-electron chi connectivity index (χ4n) is 1.31. The summed E-state index contributed by atoms with van der Waals surface area (Å²) in [6.45, 7) is 0. The molecule has 9 heteroatoms. The van der Waals surface area contributed by atoms with Crippen molar-refractivity contribution in [1.82, 2.24) is 4.98 Å². The number of carbonyl (C=O) groups excluding carboxylic acids is 1. The fourth-order valence-corrected chi connectivity index (χ4v) is 1.31. The second-order valence-corrected chi connectivity index (χ2v) is 3.44. The van der Waals surface area contributed by atoms with Crippen LogP contribution in [-0.2, 0) is 22.1 Å². The molecule has 0 radical (unpaired) electrons. The number of methoxy groups -OCH3 is 1. The van der Waals surface area contributed by atoms with Crippen molar-refractivity contribution in [2.75, 3.05) is 7.11 Å². The molecule has 0 unspecified atom stereocenters. The van der Waals surface area contributed by atoms with Gasteiger partial charge in [0.15, 0.2) is 0 Å². The van der Waals surface area contributed by atoms with Gasteiger partial charge in [-0.1, -0.05) is 0 Å². The molecule has 0 amide bonds. The second kappa shape index (κ2) is 5.37. The molecule has 1 heterocycles. The van der Waals surface area contributed by atoms with Crippen LogP contribution < -0.4 is 0 Å². The molecule has 19 heavy (non-hydrogen) atoms. The van der Waals surface area contributed by atoms with E-state index in [1.807, 2.05) is 0 Å². The lowest BCUT2D eigenvalue weighted by Crippen LogP contribution is -2.16. The Morgan fingerprint density at radius 3 is 2.47 bits per heavy atom. The molecule has 0 atom stereocenters. The summed E-state index contributed by atoms with van der Waals surface area (Å²) in [5.41, 5.74) is -3.60. The highest BCUT2D eigenvalue weighted by molar-refractivity contribution is 5.72. The number of pyridine rings is 1. The van der Waals surface area contributed by atoms with Crippen molar-refractivity contribution >= 4 is 5.97 Å². The van der Waals surface area contributed by atoms with Crippen molar-refractivity contribution in [2.24, 2.45) is 0 Å². The maximum absolute atomic E-state index is 12.6. The second-order valence-electron chi connectivity index (χ2n) is 3.44. The predicted octanol–water partition coefficient (Wildman–Crippen LogP) is 2.46.